The van der Waals surface area contributed by atoms with Crippen molar-refractivity contribution >= 4 is 23.4 Å². The summed E-state index contributed by atoms with van der Waals surface area (Å²) in [4.78, 5) is 11.0. The van der Waals surface area contributed by atoms with Gasteiger partial charge in [0.05, 0.1) is 5.92 Å². The summed E-state index contributed by atoms with van der Waals surface area (Å²) < 4.78 is 5.30. The molecule has 0 saturated heterocycles. The topological polar surface area (TPSA) is 95.1 Å². The van der Waals surface area contributed by atoms with Crippen molar-refractivity contribution in [3.63, 3.8) is 0 Å². The Morgan fingerprint density at radius 3 is 2.78 bits per heavy atom. The van der Waals surface area contributed by atoms with E-state index < -0.39 is 0 Å². The molecule has 114 valence electrons. The molecule has 1 aliphatic rings. The SMILES string of the molecule is NC(=Cc1onc(C2C=CC=CC2=C=O)c1N)c1ccccc1. The number of hydrogen-bond acceptors (Lipinski definition) is 5. The highest BCUT2D eigenvalue weighted by molar-refractivity contribution is 5.82. The lowest BCUT2D eigenvalue weighted by atomic mass is 9.91. The lowest BCUT2D eigenvalue weighted by Crippen LogP contribution is -2.05. The van der Waals surface area contributed by atoms with Crippen molar-refractivity contribution in [3.8, 4) is 0 Å². The summed E-state index contributed by atoms with van der Waals surface area (Å²) in [6, 6.07) is 9.48. The van der Waals surface area contributed by atoms with Crippen molar-refractivity contribution in [2.24, 2.45) is 5.73 Å². The highest BCUT2D eigenvalue weighted by Crippen LogP contribution is 2.33. The number of nitrogens with two attached hydrogens (primary N) is 2. The summed E-state index contributed by atoms with van der Waals surface area (Å²) >= 11 is 0. The number of hydrogen-bond donors (Lipinski definition) is 2. The molecule has 0 spiro atoms. The van der Waals surface area contributed by atoms with Crippen molar-refractivity contribution in [2.45, 2.75) is 5.92 Å². The lowest BCUT2D eigenvalue weighted by Gasteiger charge is -2.11. The van der Waals surface area contributed by atoms with E-state index in [0.29, 0.717) is 28.4 Å². The summed E-state index contributed by atoms with van der Waals surface area (Å²) in [5.74, 6) is 1.92. The number of allylic oxidation sites excluding steroid dienone is 5. The molecule has 4 N–H and O–H groups in total. The van der Waals surface area contributed by atoms with Crippen molar-refractivity contribution in [2.75, 3.05) is 5.73 Å². The van der Waals surface area contributed by atoms with Gasteiger partial charge in [-0.25, -0.2) is 4.79 Å². The second kappa shape index (κ2) is 6.22. The largest absolute Gasteiger partial charge is 0.398 e. The molecule has 3 rings (SSSR count). The fourth-order valence-electron chi connectivity index (χ4n) is 2.38. The maximum absolute atomic E-state index is 11.0. The molecule has 5 heteroatoms. The van der Waals surface area contributed by atoms with Crippen LogP contribution < -0.4 is 11.5 Å². The van der Waals surface area contributed by atoms with E-state index in [1.165, 1.54) is 0 Å². The second-order valence-electron chi connectivity index (χ2n) is 5.09. The molecule has 0 fully saturated rings. The Morgan fingerprint density at radius 2 is 2.04 bits per heavy atom. The van der Waals surface area contributed by atoms with Gasteiger partial charge in [-0.1, -0.05) is 53.7 Å². The number of nitrogens with zero attached hydrogens (tertiary/aromatic N) is 1. The maximum atomic E-state index is 11.0. The Labute approximate surface area is 133 Å². The first-order valence-corrected chi connectivity index (χ1v) is 7.08. The predicted molar refractivity (Wildman–Crippen MR) is 89.6 cm³/mol. The number of rotatable bonds is 3. The summed E-state index contributed by atoms with van der Waals surface area (Å²) in [5.41, 5.74) is 14.9. The van der Waals surface area contributed by atoms with Gasteiger partial charge in [0.2, 0.25) is 0 Å². The smallest absolute Gasteiger partial charge is 0.184 e. The van der Waals surface area contributed by atoms with Crippen molar-refractivity contribution in [1.29, 1.82) is 0 Å². The molecule has 1 heterocycles. The Balaban J connectivity index is 1.96. The Kier molecular flexibility index (Phi) is 3.95. The van der Waals surface area contributed by atoms with Gasteiger partial charge in [0.25, 0.3) is 0 Å². The van der Waals surface area contributed by atoms with Crippen molar-refractivity contribution < 1.29 is 9.32 Å². The minimum absolute atomic E-state index is 0.360. The van der Waals surface area contributed by atoms with Crippen LogP contribution in [0.15, 0.2) is 64.7 Å². The standard InChI is InChI=1S/C18H15N3O2/c19-15(12-6-2-1-3-7-12)10-16-17(20)18(21-23-16)14-9-5-4-8-13(14)11-22/h1-10,14H,19-20H2. The average Bonchev–Trinajstić information content (AvgIpc) is 2.96. The van der Waals surface area contributed by atoms with Crippen LogP contribution in [0.25, 0.3) is 11.8 Å². The van der Waals surface area contributed by atoms with Crippen LogP contribution in [-0.4, -0.2) is 11.1 Å². The van der Waals surface area contributed by atoms with Crippen LogP contribution in [0, 0.1) is 0 Å². The Bertz CT molecular complexity index is 854. The minimum Gasteiger partial charge on any atom is -0.398 e. The zero-order valence-electron chi connectivity index (χ0n) is 12.3. The summed E-state index contributed by atoms with van der Waals surface area (Å²) in [7, 11) is 0. The Hall–Kier alpha value is -3.30. The normalized spacial score (nSPS) is 17.3. The van der Waals surface area contributed by atoms with Crippen molar-refractivity contribution in [1.82, 2.24) is 5.16 Å². The van der Waals surface area contributed by atoms with Crippen molar-refractivity contribution in [3.05, 3.63) is 77.2 Å². The number of benzene rings is 1. The van der Waals surface area contributed by atoms with Gasteiger partial charge in [0, 0.05) is 17.3 Å². The number of nitrogen functional groups attached to an aromatic ring is 1. The monoisotopic (exact) mass is 305 g/mol. The van der Waals surface area contributed by atoms with Crippen LogP contribution in [0.4, 0.5) is 5.69 Å². The van der Waals surface area contributed by atoms with Crippen LogP contribution in [-0.2, 0) is 4.79 Å². The van der Waals surface area contributed by atoms with Gasteiger partial charge >= 0.3 is 0 Å². The zero-order valence-corrected chi connectivity index (χ0v) is 12.3. The number of aromatic nitrogens is 1. The number of carbonyl (C=O) groups excluding carboxylic acids is 1. The molecule has 1 atom stereocenters. The molecule has 1 aromatic carbocycles. The molecule has 0 bridgehead atoms. The van der Waals surface area contributed by atoms with E-state index in [-0.39, 0.29) is 5.92 Å². The fourth-order valence-corrected chi connectivity index (χ4v) is 2.38. The average molecular weight is 305 g/mol. The van der Waals surface area contributed by atoms with Gasteiger partial charge in [-0.15, -0.1) is 0 Å². The molecule has 2 aromatic rings. The summed E-state index contributed by atoms with van der Waals surface area (Å²) in [6.45, 7) is 0. The molecule has 0 radical (unpaired) electrons. The first-order valence-electron chi connectivity index (χ1n) is 7.08. The van der Waals surface area contributed by atoms with E-state index in [4.69, 9.17) is 16.0 Å². The summed E-state index contributed by atoms with van der Waals surface area (Å²) in [6.07, 6.45) is 8.73. The van der Waals surface area contributed by atoms with Gasteiger partial charge in [-0.05, 0) is 11.6 Å². The zero-order chi connectivity index (χ0) is 16.2. The van der Waals surface area contributed by atoms with Gasteiger partial charge in [-0.2, -0.15) is 0 Å². The predicted octanol–water partition coefficient (Wildman–Crippen LogP) is 2.68. The van der Waals surface area contributed by atoms with Crippen LogP contribution in [0.5, 0.6) is 0 Å². The molecule has 0 saturated carbocycles. The first-order chi connectivity index (χ1) is 11.2. The molecule has 0 amide bonds. The van der Waals surface area contributed by atoms with E-state index in [2.05, 4.69) is 5.16 Å². The van der Waals surface area contributed by atoms with E-state index in [0.717, 1.165) is 5.56 Å². The quantitative estimate of drug-likeness (QED) is 0.850. The fraction of sp³-hybridized carbons (Fsp3) is 0.0556. The molecule has 1 aromatic heterocycles. The third-order valence-corrected chi connectivity index (χ3v) is 3.62. The highest BCUT2D eigenvalue weighted by Gasteiger charge is 2.23. The van der Waals surface area contributed by atoms with Gasteiger partial charge in [0.1, 0.15) is 17.3 Å². The molecular weight excluding hydrogens is 290 g/mol. The molecule has 1 aliphatic carbocycles. The van der Waals surface area contributed by atoms with Crippen LogP contribution >= 0.6 is 0 Å². The number of anilines is 1. The van der Waals surface area contributed by atoms with Crippen LogP contribution in [0.2, 0.25) is 0 Å². The van der Waals surface area contributed by atoms with Gasteiger partial charge in [0.15, 0.2) is 5.76 Å². The molecule has 23 heavy (non-hydrogen) atoms. The van der Waals surface area contributed by atoms with Crippen LogP contribution in [0.3, 0.4) is 0 Å². The molecular formula is C18H15N3O2. The lowest BCUT2D eigenvalue weighted by molar-refractivity contribution is 0.405. The second-order valence-corrected chi connectivity index (χ2v) is 5.09. The van der Waals surface area contributed by atoms with E-state index in [1.54, 1.807) is 18.2 Å². The highest BCUT2D eigenvalue weighted by atomic mass is 16.5. The van der Waals surface area contributed by atoms with Gasteiger partial charge < -0.3 is 16.0 Å². The van der Waals surface area contributed by atoms with E-state index in [1.807, 2.05) is 48.4 Å². The maximum Gasteiger partial charge on any atom is 0.184 e. The third kappa shape index (κ3) is 2.86. The summed E-state index contributed by atoms with van der Waals surface area (Å²) in [5, 5.41) is 4.00. The Morgan fingerprint density at radius 1 is 1.26 bits per heavy atom. The van der Waals surface area contributed by atoms with Gasteiger partial charge in [-0.3, -0.25) is 0 Å². The minimum atomic E-state index is -0.360. The molecule has 5 nitrogen and oxygen atoms in total. The van der Waals surface area contributed by atoms with Crippen LogP contribution in [0.1, 0.15) is 22.9 Å². The molecule has 0 aliphatic heterocycles. The van der Waals surface area contributed by atoms with E-state index >= 15 is 0 Å². The first kappa shape index (κ1) is 14.6. The third-order valence-electron chi connectivity index (χ3n) is 3.62. The molecule has 1 unspecified atom stereocenters. The van der Waals surface area contributed by atoms with E-state index in [9.17, 15) is 4.79 Å².